The number of pyridine rings is 1. The van der Waals surface area contributed by atoms with E-state index in [4.69, 9.17) is 5.73 Å². The average Bonchev–Trinajstić information content (AvgIpc) is 2.45. The van der Waals surface area contributed by atoms with Crippen LogP contribution in [0.2, 0.25) is 0 Å². The number of nitrogen functional groups attached to an aromatic ring is 1. The predicted molar refractivity (Wildman–Crippen MR) is 83.5 cm³/mol. The second kappa shape index (κ2) is 5.29. The van der Waals surface area contributed by atoms with Gasteiger partial charge in [-0.1, -0.05) is 22.0 Å². The van der Waals surface area contributed by atoms with Gasteiger partial charge in [-0.3, -0.25) is 4.98 Å². The highest BCUT2D eigenvalue weighted by molar-refractivity contribution is 9.10. The van der Waals surface area contributed by atoms with Crippen molar-refractivity contribution in [1.82, 2.24) is 4.98 Å². The SMILES string of the molecule is Nc1c(Nc2c(F)cc(Br)cc2F)ccc2cnccc12. The molecule has 0 saturated carbocycles. The molecule has 0 atom stereocenters. The monoisotopic (exact) mass is 349 g/mol. The van der Waals surface area contributed by atoms with E-state index in [0.717, 1.165) is 10.8 Å². The van der Waals surface area contributed by atoms with E-state index < -0.39 is 11.6 Å². The largest absolute Gasteiger partial charge is 0.397 e. The van der Waals surface area contributed by atoms with Gasteiger partial charge in [0.15, 0.2) is 11.6 Å². The van der Waals surface area contributed by atoms with Crippen LogP contribution in [0.5, 0.6) is 0 Å². The number of nitrogens with one attached hydrogen (secondary N) is 1. The molecule has 0 amide bonds. The Labute approximate surface area is 127 Å². The van der Waals surface area contributed by atoms with Gasteiger partial charge in [-0.2, -0.15) is 0 Å². The Bertz CT molecular complexity index is 813. The van der Waals surface area contributed by atoms with Crippen LogP contribution in [-0.2, 0) is 0 Å². The summed E-state index contributed by atoms with van der Waals surface area (Å²) in [5.41, 5.74) is 6.67. The molecule has 1 aromatic heterocycles. The lowest BCUT2D eigenvalue weighted by Gasteiger charge is -2.13. The highest BCUT2D eigenvalue weighted by Crippen LogP contribution is 2.33. The second-order valence-corrected chi connectivity index (χ2v) is 5.41. The highest BCUT2D eigenvalue weighted by Gasteiger charge is 2.13. The zero-order chi connectivity index (χ0) is 15.0. The summed E-state index contributed by atoms with van der Waals surface area (Å²) in [5, 5.41) is 4.34. The quantitative estimate of drug-likeness (QED) is 0.664. The third kappa shape index (κ3) is 2.54. The van der Waals surface area contributed by atoms with Gasteiger partial charge in [0.2, 0.25) is 0 Å². The molecule has 3 rings (SSSR count). The van der Waals surface area contributed by atoms with Gasteiger partial charge in [-0.15, -0.1) is 0 Å². The van der Waals surface area contributed by atoms with Crippen molar-refractivity contribution in [2.24, 2.45) is 0 Å². The lowest BCUT2D eigenvalue weighted by molar-refractivity contribution is 0.589. The molecule has 0 saturated heterocycles. The molecule has 6 heteroatoms. The molecule has 0 unspecified atom stereocenters. The topological polar surface area (TPSA) is 50.9 Å². The zero-order valence-corrected chi connectivity index (χ0v) is 12.3. The van der Waals surface area contributed by atoms with Gasteiger partial charge >= 0.3 is 0 Å². The zero-order valence-electron chi connectivity index (χ0n) is 10.7. The smallest absolute Gasteiger partial charge is 0.150 e. The van der Waals surface area contributed by atoms with Crippen LogP contribution >= 0.6 is 15.9 Å². The first-order valence-corrected chi connectivity index (χ1v) is 6.89. The van der Waals surface area contributed by atoms with Gasteiger partial charge in [0.25, 0.3) is 0 Å². The summed E-state index contributed by atoms with van der Waals surface area (Å²) in [5.74, 6) is -1.40. The number of hydrogen-bond acceptors (Lipinski definition) is 3. The molecule has 0 aliphatic rings. The van der Waals surface area contributed by atoms with E-state index >= 15 is 0 Å². The van der Waals surface area contributed by atoms with Gasteiger partial charge in [-0.25, -0.2) is 8.78 Å². The van der Waals surface area contributed by atoms with Crippen molar-refractivity contribution in [3.63, 3.8) is 0 Å². The second-order valence-electron chi connectivity index (χ2n) is 4.49. The molecule has 0 radical (unpaired) electrons. The highest BCUT2D eigenvalue weighted by atomic mass is 79.9. The summed E-state index contributed by atoms with van der Waals surface area (Å²) in [6, 6.07) is 7.58. The molecular weight excluding hydrogens is 340 g/mol. The molecular formula is C15H10BrF2N3. The predicted octanol–water partition coefficient (Wildman–Crippen LogP) is 4.60. The lowest BCUT2D eigenvalue weighted by atomic mass is 10.1. The number of hydrogen-bond donors (Lipinski definition) is 2. The van der Waals surface area contributed by atoms with Crippen LogP contribution in [0.3, 0.4) is 0 Å². The van der Waals surface area contributed by atoms with Crippen molar-refractivity contribution in [3.05, 3.63) is 58.8 Å². The number of rotatable bonds is 2. The van der Waals surface area contributed by atoms with Gasteiger partial charge in [0.05, 0.1) is 11.4 Å². The molecule has 0 fully saturated rings. The van der Waals surface area contributed by atoms with Gasteiger partial charge in [0, 0.05) is 27.6 Å². The summed E-state index contributed by atoms with van der Waals surface area (Å²) in [6.45, 7) is 0. The lowest BCUT2D eigenvalue weighted by Crippen LogP contribution is -2.01. The Morgan fingerprint density at radius 1 is 1.10 bits per heavy atom. The Morgan fingerprint density at radius 3 is 2.52 bits per heavy atom. The van der Waals surface area contributed by atoms with Crippen molar-refractivity contribution in [1.29, 1.82) is 0 Å². The van der Waals surface area contributed by atoms with E-state index in [0.29, 0.717) is 15.8 Å². The molecule has 3 N–H and O–H groups in total. The minimum Gasteiger partial charge on any atom is -0.397 e. The summed E-state index contributed by atoms with van der Waals surface area (Å²) < 4.78 is 28.1. The van der Waals surface area contributed by atoms with E-state index in [2.05, 4.69) is 26.2 Å². The van der Waals surface area contributed by atoms with E-state index in [9.17, 15) is 8.78 Å². The number of halogens is 3. The van der Waals surface area contributed by atoms with Crippen molar-refractivity contribution >= 4 is 43.8 Å². The maximum absolute atomic E-state index is 13.9. The summed E-state index contributed by atoms with van der Waals surface area (Å²) in [7, 11) is 0. The molecule has 3 aromatic rings. The number of fused-ring (bicyclic) bond motifs is 1. The third-order valence-corrected chi connectivity index (χ3v) is 3.59. The average molecular weight is 350 g/mol. The van der Waals surface area contributed by atoms with Crippen LogP contribution in [-0.4, -0.2) is 4.98 Å². The Kier molecular flexibility index (Phi) is 3.47. The summed E-state index contributed by atoms with van der Waals surface area (Å²) in [6.07, 6.45) is 3.29. The minimum atomic E-state index is -0.698. The van der Waals surface area contributed by atoms with Crippen molar-refractivity contribution in [2.45, 2.75) is 0 Å². The fourth-order valence-corrected chi connectivity index (χ4v) is 2.50. The summed E-state index contributed by atoms with van der Waals surface area (Å²) in [4.78, 5) is 4.00. The molecule has 106 valence electrons. The van der Waals surface area contributed by atoms with E-state index in [1.165, 1.54) is 12.1 Å². The number of benzene rings is 2. The van der Waals surface area contributed by atoms with E-state index in [1.807, 2.05) is 0 Å². The third-order valence-electron chi connectivity index (χ3n) is 3.13. The molecule has 0 bridgehead atoms. The number of nitrogens with two attached hydrogens (primary N) is 1. The van der Waals surface area contributed by atoms with Gasteiger partial charge < -0.3 is 11.1 Å². The minimum absolute atomic E-state index is 0.238. The molecule has 0 aliphatic carbocycles. The first-order chi connectivity index (χ1) is 10.1. The maximum atomic E-state index is 13.9. The van der Waals surface area contributed by atoms with Crippen LogP contribution in [0.1, 0.15) is 0 Å². The molecule has 0 aliphatic heterocycles. The normalized spacial score (nSPS) is 10.8. The fraction of sp³-hybridized carbons (Fsp3) is 0. The van der Waals surface area contributed by atoms with E-state index in [1.54, 1.807) is 30.6 Å². The first-order valence-electron chi connectivity index (χ1n) is 6.10. The Hall–Kier alpha value is -2.21. The van der Waals surface area contributed by atoms with Crippen LogP contribution in [0.25, 0.3) is 10.8 Å². The van der Waals surface area contributed by atoms with Crippen LogP contribution in [0, 0.1) is 11.6 Å². The van der Waals surface area contributed by atoms with E-state index in [-0.39, 0.29) is 5.69 Å². The summed E-state index contributed by atoms with van der Waals surface area (Å²) >= 11 is 3.04. The Morgan fingerprint density at radius 2 is 1.81 bits per heavy atom. The van der Waals surface area contributed by atoms with Crippen molar-refractivity contribution in [3.8, 4) is 0 Å². The molecule has 2 aromatic carbocycles. The Balaban J connectivity index is 2.09. The van der Waals surface area contributed by atoms with Crippen LogP contribution < -0.4 is 11.1 Å². The first kappa shape index (κ1) is 13.8. The molecule has 21 heavy (non-hydrogen) atoms. The van der Waals surface area contributed by atoms with Crippen molar-refractivity contribution in [2.75, 3.05) is 11.1 Å². The fourth-order valence-electron chi connectivity index (χ4n) is 2.10. The standard InChI is InChI=1S/C15H10BrF2N3/c16-9-5-11(17)15(12(18)6-9)21-13-2-1-8-7-20-4-3-10(8)14(13)19/h1-7,21H,19H2. The maximum Gasteiger partial charge on any atom is 0.150 e. The van der Waals surface area contributed by atoms with Crippen LogP contribution in [0.4, 0.5) is 25.8 Å². The van der Waals surface area contributed by atoms with Crippen LogP contribution in [0.15, 0.2) is 47.2 Å². The molecule has 1 heterocycles. The number of nitrogens with zero attached hydrogens (tertiary/aromatic N) is 1. The molecule has 3 nitrogen and oxygen atoms in total. The number of anilines is 3. The van der Waals surface area contributed by atoms with Gasteiger partial charge in [-0.05, 0) is 24.3 Å². The van der Waals surface area contributed by atoms with Crippen molar-refractivity contribution < 1.29 is 8.78 Å². The number of aromatic nitrogens is 1. The van der Waals surface area contributed by atoms with Gasteiger partial charge in [0.1, 0.15) is 5.69 Å². The molecule has 0 spiro atoms.